The Labute approximate surface area is 116 Å². The van der Waals surface area contributed by atoms with E-state index < -0.39 is 12.1 Å². The lowest BCUT2D eigenvalue weighted by Crippen LogP contribution is -2.40. The summed E-state index contributed by atoms with van der Waals surface area (Å²) in [5, 5.41) is 12.3. The molecule has 1 unspecified atom stereocenters. The van der Waals surface area contributed by atoms with Crippen LogP contribution in [-0.4, -0.2) is 35.3 Å². The molecule has 1 amide bonds. The highest BCUT2D eigenvalue weighted by molar-refractivity contribution is 6.36. The summed E-state index contributed by atoms with van der Waals surface area (Å²) in [6.07, 6.45) is -0.864. The van der Waals surface area contributed by atoms with Crippen LogP contribution >= 0.6 is 0 Å². The fourth-order valence-corrected chi connectivity index (χ4v) is 2.12. The van der Waals surface area contributed by atoms with Gasteiger partial charge >= 0.3 is 5.97 Å². The second-order valence-corrected chi connectivity index (χ2v) is 4.51. The molecule has 0 aliphatic carbocycles. The summed E-state index contributed by atoms with van der Waals surface area (Å²) in [6.45, 7) is 4.25. The van der Waals surface area contributed by atoms with Gasteiger partial charge in [-0.1, -0.05) is 23.4 Å². The van der Waals surface area contributed by atoms with Crippen LogP contribution in [0.2, 0.25) is 0 Å². The molecular formula is C14H16N2O4. The molecule has 0 saturated heterocycles. The summed E-state index contributed by atoms with van der Waals surface area (Å²) >= 11 is 0. The molecule has 1 aromatic rings. The lowest BCUT2D eigenvalue weighted by molar-refractivity contribution is -0.129. The molecule has 1 atom stereocenters. The fourth-order valence-electron chi connectivity index (χ4n) is 2.12. The first-order valence-electron chi connectivity index (χ1n) is 6.37. The quantitative estimate of drug-likeness (QED) is 0.905. The highest BCUT2D eigenvalue weighted by Crippen LogP contribution is 2.22. The molecule has 1 aromatic carbocycles. The van der Waals surface area contributed by atoms with Crippen molar-refractivity contribution in [3.63, 3.8) is 0 Å². The van der Waals surface area contributed by atoms with E-state index >= 15 is 0 Å². The smallest absolute Gasteiger partial charge is 0.353 e. The second-order valence-electron chi connectivity index (χ2n) is 4.51. The number of para-hydroxylation sites is 1. The van der Waals surface area contributed by atoms with Crippen molar-refractivity contribution < 1.29 is 19.5 Å². The van der Waals surface area contributed by atoms with Crippen molar-refractivity contribution in [3.05, 3.63) is 29.8 Å². The minimum absolute atomic E-state index is 0.00342. The van der Waals surface area contributed by atoms with Gasteiger partial charge in [-0.05, 0) is 25.5 Å². The van der Waals surface area contributed by atoms with Gasteiger partial charge in [0.15, 0.2) is 5.71 Å². The summed E-state index contributed by atoms with van der Waals surface area (Å²) in [5.41, 5.74) is 1.65. The maximum Gasteiger partial charge on any atom is 0.353 e. The zero-order valence-electron chi connectivity index (χ0n) is 11.4. The Bertz CT molecular complexity index is 568. The van der Waals surface area contributed by atoms with E-state index in [4.69, 9.17) is 9.94 Å². The first-order chi connectivity index (χ1) is 9.54. The number of carboxylic acids is 1. The molecule has 2 rings (SSSR count). The van der Waals surface area contributed by atoms with Gasteiger partial charge in [0.2, 0.25) is 6.10 Å². The van der Waals surface area contributed by atoms with Crippen LogP contribution in [0.4, 0.5) is 5.69 Å². The van der Waals surface area contributed by atoms with Crippen molar-refractivity contribution >= 4 is 23.3 Å². The van der Waals surface area contributed by atoms with E-state index in [9.17, 15) is 9.59 Å². The predicted molar refractivity (Wildman–Crippen MR) is 73.8 cm³/mol. The number of aliphatic carboxylic acids is 1. The van der Waals surface area contributed by atoms with Gasteiger partial charge in [-0.2, -0.15) is 0 Å². The Morgan fingerprint density at radius 3 is 2.70 bits per heavy atom. The molecule has 0 spiro atoms. The van der Waals surface area contributed by atoms with Gasteiger partial charge in [-0.3, -0.25) is 4.79 Å². The Balaban J connectivity index is 2.16. The molecule has 0 bridgehead atoms. The van der Waals surface area contributed by atoms with Crippen LogP contribution in [0, 0.1) is 6.92 Å². The summed E-state index contributed by atoms with van der Waals surface area (Å²) in [5.74, 6) is -1.43. The first-order valence-corrected chi connectivity index (χ1v) is 6.37. The number of likely N-dealkylation sites (N-methyl/N-ethyl adjacent to an activating group) is 1. The standard InChI is InChI=1S/C14H16N2O4/c1-3-16(11-7-5-4-6-9(11)2)13(17)12-8-10(14(18)19)15-20-12/h4-7,12H,3,8H2,1-2H3,(H,18,19). The number of benzene rings is 1. The van der Waals surface area contributed by atoms with Crippen LogP contribution in [-0.2, 0) is 14.4 Å². The lowest BCUT2D eigenvalue weighted by atomic mass is 10.1. The minimum Gasteiger partial charge on any atom is -0.477 e. The monoisotopic (exact) mass is 276 g/mol. The van der Waals surface area contributed by atoms with Crippen molar-refractivity contribution in [2.24, 2.45) is 5.16 Å². The largest absolute Gasteiger partial charge is 0.477 e. The van der Waals surface area contributed by atoms with Gasteiger partial charge < -0.3 is 14.8 Å². The number of nitrogens with zero attached hydrogens (tertiary/aromatic N) is 2. The van der Waals surface area contributed by atoms with Crippen LogP contribution < -0.4 is 4.90 Å². The maximum absolute atomic E-state index is 12.4. The number of rotatable bonds is 4. The molecule has 6 nitrogen and oxygen atoms in total. The van der Waals surface area contributed by atoms with Gasteiger partial charge in [0.1, 0.15) is 0 Å². The van der Waals surface area contributed by atoms with Crippen molar-refractivity contribution in [2.45, 2.75) is 26.4 Å². The third-order valence-corrected chi connectivity index (χ3v) is 3.18. The van der Waals surface area contributed by atoms with Crippen LogP contribution in [0.15, 0.2) is 29.4 Å². The molecule has 1 aliphatic heterocycles. The molecule has 0 fully saturated rings. The van der Waals surface area contributed by atoms with Gasteiger partial charge in [-0.15, -0.1) is 0 Å². The van der Waals surface area contributed by atoms with Gasteiger partial charge in [0.05, 0.1) is 0 Å². The molecule has 0 radical (unpaired) electrons. The number of carbonyl (C=O) groups is 2. The van der Waals surface area contributed by atoms with Crippen LogP contribution in [0.25, 0.3) is 0 Å². The van der Waals surface area contributed by atoms with E-state index in [1.807, 2.05) is 38.1 Å². The topological polar surface area (TPSA) is 79.2 Å². The van der Waals surface area contributed by atoms with Crippen molar-refractivity contribution in [1.29, 1.82) is 0 Å². The molecule has 0 aromatic heterocycles. The third-order valence-electron chi connectivity index (χ3n) is 3.18. The SMILES string of the molecule is CCN(C(=O)C1CC(C(=O)O)=NO1)c1ccccc1C. The van der Waals surface area contributed by atoms with E-state index in [1.54, 1.807) is 4.90 Å². The number of aryl methyl sites for hydroxylation is 1. The number of hydrogen-bond donors (Lipinski definition) is 1. The minimum atomic E-state index is -1.15. The van der Waals surface area contributed by atoms with Crippen LogP contribution in [0.1, 0.15) is 18.9 Å². The number of carbonyl (C=O) groups excluding carboxylic acids is 1. The molecular weight excluding hydrogens is 260 g/mol. The maximum atomic E-state index is 12.4. The Morgan fingerprint density at radius 2 is 2.15 bits per heavy atom. The zero-order valence-corrected chi connectivity index (χ0v) is 11.4. The highest BCUT2D eigenvalue weighted by Gasteiger charge is 2.34. The van der Waals surface area contributed by atoms with Gasteiger partial charge in [0, 0.05) is 18.7 Å². The number of carboxylic acid groups (broad SMARTS) is 1. The summed E-state index contributed by atoms with van der Waals surface area (Å²) < 4.78 is 0. The summed E-state index contributed by atoms with van der Waals surface area (Å²) in [7, 11) is 0. The molecule has 1 heterocycles. The lowest BCUT2D eigenvalue weighted by Gasteiger charge is -2.24. The molecule has 1 aliphatic rings. The first kappa shape index (κ1) is 14.0. The normalized spacial score (nSPS) is 17.3. The third kappa shape index (κ3) is 2.64. The van der Waals surface area contributed by atoms with Crippen LogP contribution in [0.3, 0.4) is 0 Å². The average Bonchev–Trinajstić information content (AvgIpc) is 2.91. The zero-order chi connectivity index (χ0) is 14.7. The number of amides is 1. The molecule has 20 heavy (non-hydrogen) atoms. The molecule has 1 N–H and O–H groups in total. The van der Waals surface area contributed by atoms with E-state index in [2.05, 4.69) is 5.16 Å². The van der Waals surface area contributed by atoms with Crippen molar-refractivity contribution in [1.82, 2.24) is 0 Å². The van der Waals surface area contributed by atoms with E-state index in [0.717, 1.165) is 11.3 Å². The molecule has 106 valence electrons. The highest BCUT2D eigenvalue weighted by atomic mass is 16.6. The van der Waals surface area contributed by atoms with Crippen molar-refractivity contribution in [3.8, 4) is 0 Å². The number of oxime groups is 1. The Hall–Kier alpha value is -2.37. The second kappa shape index (κ2) is 5.73. The van der Waals surface area contributed by atoms with E-state index in [0.29, 0.717) is 6.54 Å². The van der Waals surface area contributed by atoms with Gasteiger partial charge in [0.25, 0.3) is 5.91 Å². The van der Waals surface area contributed by atoms with Gasteiger partial charge in [-0.25, -0.2) is 4.79 Å². The Morgan fingerprint density at radius 1 is 1.45 bits per heavy atom. The molecule has 0 saturated carbocycles. The van der Waals surface area contributed by atoms with Crippen LogP contribution in [0.5, 0.6) is 0 Å². The van der Waals surface area contributed by atoms with E-state index in [1.165, 1.54) is 0 Å². The summed E-state index contributed by atoms with van der Waals surface area (Å²) in [6, 6.07) is 7.52. The van der Waals surface area contributed by atoms with E-state index in [-0.39, 0.29) is 18.0 Å². The average molecular weight is 276 g/mol. The number of hydrogen-bond acceptors (Lipinski definition) is 4. The summed E-state index contributed by atoms with van der Waals surface area (Å²) in [4.78, 5) is 29.8. The fraction of sp³-hybridized carbons (Fsp3) is 0.357. The molecule has 6 heteroatoms. The number of anilines is 1. The Kier molecular flexibility index (Phi) is 4.02. The predicted octanol–water partition coefficient (Wildman–Crippen LogP) is 1.58. The van der Waals surface area contributed by atoms with Crippen molar-refractivity contribution in [2.75, 3.05) is 11.4 Å².